The Morgan fingerprint density at radius 2 is 0.941 bits per heavy atom. The van der Waals surface area contributed by atoms with Gasteiger partial charge in [0.25, 0.3) is 0 Å². The van der Waals surface area contributed by atoms with Crippen LogP contribution in [0.15, 0.2) is 46.2 Å². The molecule has 1 heterocycles. The van der Waals surface area contributed by atoms with Gasteiger partial charge >= 0.3 is 0 Å². The van der Waals surface area contributed by atoms with Gasteiger partial charge in [0.1, 0.15) is 0 Å². The number of methoxy groups -OCH3 is 4. The van der Waals surface area contributed by atoms with Gasteiger partial charge in [-0.05, 0) is 38.1 Å². The summed E-state index contributed by atoms with van der Waals surface area (Å²) in [5, 5.41) is 0. The first-order valence-electron chi connectivity index (χ1n) is 10.5. The molecule has 1 fully saturated rings. The zero-order valence-corrected chi connectivity index (χ0v) is 21.6. The van der Waals surface area contributed by atoms with Crippen molar-refractivity contribution in [3.63, 3.8) is 0 Å². The van der Waals surface area contributed by atoms with E-state index in [1.165, 1.54) is 73.4 Å². The Labute approximate surface area is 201 Å². The maximum absolute atomic E-state index is 13.4. The predicted molar refractivity (Wildman–Crippen MR) is 126 cm³/mol. The summed E-state index contributed by atoms with van der Waals surface area (Å²) in [4.78, 5) is 0.0841. The molecule has 0 amide bonds. The SMILES string of the molecule is COc1ccc(S(=O)(=O)N2C[C@H](C)N(S(=O)(=O)c3ccc(OC)c(OC)c3)C[C@H]2C)cc1OC. The van der Waals surface area contributed by atoms with Crippen molar-refractivity contribution in [1.82, 2.24) is 8.61 Å². The summed E-state index contributed by atoms with van der Waals surface area (Å²) in [6.07, 6.45) is 0. The first kappa shape index (κ1) is 26.1. The summed E-state index contributed by atoms with van der Waals surface area (Å²) in [5.74, 6) is 1.40. The summed E-state index contributed by atoms with van der Waals surface area (Å²) in [6.45, 7) is 3.34. The Bertz CT molecular complexity index is 1150. The van der Waals surface area contributed by atoms with Gasteiger partial charge in [0.15, 0.2) is 23.0 Å². The minimum Gasteiger partial charge on any atom is -0.493 e. The zero-order valence-electron chi connectivity index (χ0n) is 20.0. The average Bonchev–Trinajstić information content (AvgIpc) is 2.83. The lowest BCUT2D eigenvalue weighted by atomic mass is 10.2. The van der Waals surface area contributed by atoms with Gasteiger partial charge < -0.3 is 18.9 Å². The largest absolute Gasteiger partial charge is 0.493 e. The molecule has 0 aliphatic carbocycles. The molecule has 1 aliphatic heterocycles. The molecule has 1 saturated heterocycles. The van der Waals surface area contributed by atoms with Crippen LogP contribution in [0.25, 0.3) is 0 Å². The highest BCUT2D eigenvalue weighted by molar-refractivity contribution is 7.89. The van der Waals surface area contributed by atoms with Gasteiger partial charge in [-0.1, -0.05) is 0 Å². The molecule has 1 aliphatic rings. The van der Waals surface area contributed by atoms with E-state index in [0.29, 0.717) is 23.0 Å². The molecule has 2 aromatic rings. The summed E-state index contributed by atoms with van der Waals surface area (Å²) in [6, 6.07) is 7.53. The van der Waals surface area contributed by atoms with E-state index in [4.69, 9.17) is 18.9 Å². The van der Waals surface area contributed by atoms with Crippen molar-refractivity contribution in [3.05, 3.63) is 36.4 Å². The topological polar surface area (TPSA) is 112 Å². The van der Waals surface area contributed by atoms with Crippen LogP contribution in [-0.2, 0) is 20.0 Å². The second-order valence-electron chi connectivity index (χ2n) is 7.88. The standard InChI is InChI=1S/C22H30N2O8S2/c1-15-13-24(34(27,28)18-8-10-20(30-4)22(12-18)32-6)16(2)14-23(15)33(25,26)17-7-9-19(29-3)21(11-17)31-5/h7-12,15-16H,13-14H2,1-6H3/t15-,16+. The van der Waals surface area contributed by atoms with Crippen LogP contribution < -0.4 is 18.9 Å². The lowest BCUT2D eigenvalue weighted by molar-refractivity contribution is 0.163. The number of sulfonamides is 2. The van der Waals surface area contributed by atoms with E-state index in [9.17, 15) is 16.8 Å². The quantitative estimate of drug-likeness (QED) is 0.527. The minimum absolute atomic E-state index is 0.00956. The van der Waals surface area contributed by atoms with Crippen LogP contribution in [-0.4, -0.2) is 79.1 Å². The van der Waals surface area contributed by atoms with Crippen molar-refractivity contribution in [2.75, 3.05) is 41.5 Å². The summed E-state index contributed by atoms with van der Waals surface area (Å²) >= 11 is 0. The number of piperazine rings is 1. The Balaban J connectivity index is 1.90. The fourth-order valence-corrected chi connectivity index (χ4v) is 7.40. The third-order valence-corrected chi connectivity index (χ3v) is 9.75. The van der Waals surface area contributed by atoms with E-state index < -0.39 is 32.1 Å². The summed E-state index contributed by atoms with van der Waals surface area (Å²) in [7, 11) is -2.04. The highest BCUT2D eigenvalue weighted by Crippen LogP contribution is 2.35. The molecule has 10 nitrogen and oxygen atoms in total. The maximum Gasteiger partial charge on any atom is 0.243 e. The monoisotopic (exact) mass is 514 g/mol. The molecule has 0 unspecified atom stereocenters. The van der Waals surface area contributed by atoms with Crippen molar-refractivity contribution in [3.8, 4) is 23.0 Å². The number of hydrogen-bond donors (Lipinski definition) is 0. The van der Waals surface area contributed by atoms with E-state index in [1.54, 1.807) is 13.8 Å². The highest BCUT2D eigenvalue weighted by atomic mass is 32.2. The molecule has 0 bridgehead atoms. The molecule has 0 aromatic heterocycles. The van der Waals surface area contributed by atoms with Crippen LogP contribution in [0.5, 0.6) is 23.0 Å². The minimum atomic E-state index is -3.92. The predicted octanol–water partition coefficient (Wildman–Crippen LogP) is 2.19. The smallest absolute Gasteiger partial charge is 0.243 e. The number of nitrogens with zero attached hydrogens (tertiary/aromatic N) is 2. The number of ether oxygens (including phenoxy) is 4. The van der Waals surface area contributed by atoms with Crippen molar-refractivity contribution in [2.24, 2.45) is 0 Å². The number of hydrogen-bond acceptors (Lipinski definition) is 8. The number of benzene rings is 2. The third kappa shape index (κ3) is 4.67. The molecule has 0 saturated carbocycles. The second kappa shape index (κ2) is 9.98. The zero-order chi connectivity index (χ0) is 25.3. The van der Waals surface area contributed by atoms with Crippen molar-refractivity contribution >= 4 is 20.0 Å². The van der Waals surface area contributed by atoms with Crippen LogP contribution in [0.2, 0.25) is 0 Å². The molecule has 2 atom stereocenters. The second-order valence-corrected chi connectivity index (χ2v) is 11.7. The molecular weight excluding hydrogens is 484 g/mol. The lowest BCUT2D eigenvalue weighted by Gasteiger charge is -2.42. The fraction of sp³-hybridized carbons (Fsp3) is 0.455. The molecule has 0 N–H and O–H groups in total. The molecule has 0 radical (unpaired) electrons. The van der Waals surface area contributed by atoms with Crippen LogP contribution in [0, 0.1) is 0 Å². The Kier molecular flexibility index (Phi) is 7.65. The van der Waals surface area contributed by atoms with E-state index in [0.717, 1.165) is 0 Å². The lowest BCUT2D eigenvalue weighted by Crippen LogP contribution is -2.59. The van der Waals surface area contributed by atoms with Gasteiger partial charge in [-0.3, -0.25) is 0 Å². The molecule has 3 rings (SSSR count). The Morgan fingerprint density at radius 1 is 0.618 bits per heavy atom. The maximum atomic E-state index is 13.4. The van der Waals surface area contributed by atoms with Gasteiger partial charge in [0.05, 0.1) is 38.2 Å². The molecule has 188 valence electrons. The van der Waals surface area contributed by atoms with Crippen molar-refractivity contribution in [2.45, 2.75) is 35.7 Å². The fourth-order valence-electron chi connectivity index (χ4n) is 3.96. The van der Waals surface area contributed by atoms with Crippen LogP contribution in [0.1, 0.15) is 13.8 Å². The summed E-state index contributed by atoms with van der Waals surface area (Å²) in [5.41, 5.74) is 0. The molecule has 0 spiro atoms. The van der Waals surface area contributed by atoms with Gasteiger partial charge in [-0.25, -0.2) is 16.8 Å². The van der Waals surface area contributed by atoms with Crippen LogP contribution >= 0.6 is 0 Å². The van der Waals surface area contributed by atoms with Gasteiger partial charge in [-0.15, -0.1) is 0 Å². The van der Waals surface area contributed by atoms with Crippen molar-refractivity contribution < 1.29 is 35.8 Å². The Morgan fingerprint density at radius 3 is 1.24 bits per heavy atom. The average molecular weight is 515 g/mol. The highest BCUT2D eigenvalue weighted by Gasteiger charge is 2.42. The van der Waals surface area contributed by atoms with Crippen LogP contribution in [0.3, 0.4) is 0 Å². The summed E-state index contributed by atoms with van der Waals surface area (Å²) < 4.78 is 77.2. The van der Waals surface area contributed by atoms with Crippen molar-refractivity contribution in [1.29, 1.82) is 0 Å². The molecule has 12 heteroatoms. The van der Waals surface area contributed by atoms with E-state index in [2.05, 4.69) is 0 Å². The van der Waals surface area contributed by atoms with E-state index in [1.807, 2.05) is 0 Å². The van der Waals surface area contributed by atoms with Gasteiger partial charge in [0.2, 0.25) is 20.0 Å². The van der Waals surface area contributed by atoms with Crippen LogP contribution in [0.4, 0.5) is 0 Å². The van der Waals surface area contributed by atoms with Gasteiger partial charge in [0, 0.05) is 37.3 Å². The van der Waals surface area contributed by atoms with E-state index >= 15 is 0 Å². The van der Waals surface area contributed by atoms with Gasteiger partial charge in [-0.2, -0.15) is 8.61 Å². The third-order valence-electron chi connectivity index (χ3n) is 5.79. The Hall–Kier alpha value is -2.54. The molecule has 2 aromatic carbocycles. The molecule has 34 heavy (non-hydrogen) atoms. The number of rotatable bonds is 8. The first-order chi connectivity index (χ1) is 16.0. The first-order valence-corrected chi connectivity index (χ1v) is 13.4. The normalized spacial score (nSPS) is 20.1. The molecular formula is C22H30N2O8S2. The van der Waals surface area contributed by atoms with E-state index in [-0.39, 0.29) is 22.9 Å².